The number of nitrogens with zero attached hydrogens (tertiary/aromatic N) is 2. The molecule has 0 saturated carbocycles. The van der Waals surface area contributed by atoms with E-state index in [0.717, 1.165) is 13.0 Å². The Bertz CT molecular complexity index is 673. The summed E-state index contributed by atoms with van der Waals surface area (Å²) in [6, 6.07) is 8.70. The first kappa shape index (κ1) is 14.6. The second-order valence-electron chi connectivity index (χ2n) is 5.83. The average molecular weight is 299 g/mol. The summed E-state index contributed by atoms with van der Waals surface area (Å²) in [6.45, 7) is 7.27. The lowest BCUT2D eigenvalue weighted by Crippen LogP contribution is -2.41. The van der Waals surface area contributed by atoms with E-state index in [9.17, 15) is 4.79 Å². The zero-order valence-corrected chi connectivity index (χ0v) is 13.2. The van der Waals surface area contributed by atoms with Crippen molar-refractivity contribution in [1.82, 2.24) is 10.5 Å². The monoisotopic (exact) mass is 299 g/mol. The lowest BCUT2D eigenvalue weighted by Gasteiger charge is -2.27. The quantitative estimate of drug-likeness (QED) is 0.942. The van der Waals surface area contributed by atoms with E-state index < -0.39 is 0 Å². The van der Waals surface area contributed by atoms with Crippen LogP contribution in [0.15, 0.2) is 28.8 Å². The van der Waals surface area contributed by atoms with Crippen molar-refractivity contribution < 1.29 is 9.32 Å². The fraction of sp³-hybridized carbons (Fsp3) is 0.412. The lowest BCUT2D eigenvalue weighted by molar-refractivity contribution is 0.0949. The van der Waals surface area contributed by atoms with Crippen molar-refractivity contribution in [3.63, 3.8) is 0 Å². The van der Waals surface area contributed by atoms with Gasteiger partial charge in [-0.15, -0.1) is 0 Å². The summed E-state index contributed by atoms with van der Waals surface area (Å²) in [5.74, 6) is 0.449. The number of aromatic nitrogens is 1. The molecule has 1 aliphatic heterocycles. The molecule has 0 spiro atoms. The van der Waals surface area contributed by atoms with Gasteiger partial charge in [-0.3, -0.25) is 4.79 Å². The van der Waals surface area contributed by atoms with E-state index in [0.29, 0.717) is 23.6 Å². The fourth-order valence-electron chi connectivity index (χ4n) is 3.07. The molecule has 1 aliphatic rings. The van der Waals surface area contributed by atoms with Crippen LogP contribution in [0.4, 0.5) is 5.69 Å². The summed E-state index contributed by atoms with van der Waals surface area (Å²) < 4.78 is 5.05. The van der Waals surface area contributed by atoms with E-state index in [4.69, 9.17) is 4.52 Å². The van der Waals surface area contributed by atoms with Gasteiger partial charge in [0.15, 0.2) is 0 Å². The van der Waals surface area contributed by atoms with E-state index in [2.05, 4.69) is 46.6 Å². The highest BCUT2D eigenvalue weighted by Gasteiger charge is 2.24. The molecule has 0 bridgehead atoms. The number of benzene rings is 1. The van der Waals surface area contributed by atoms with Gasteiger partial charge >= 0.3 is 0 Å². The highest BCUT2D eigenvalue weighted by atomic mass is 16.5. The number of hydrogen-bond acceptors (Lipinski definition) is 4. The predicted octanol–water partition coefficient (Wildman–Crippen LogP) is 2.47. The number of anilines is 1. The molecule has 0 fully saturated rings. The number of fused-ring (bicyclic) bond motifs is 1. The molecular formula is C17H21N3O2. The number of aryl methyl sites for hydroxylation is 2. The topological polar surface area (TPSA) is 58.4 Å². The highest BCUT2D eigenvalue weighted by Crippen LogP contribution is 2.28. The number of rotatable bonds is 4. The molecule has 1 aromatic carbocycles. The molecule has 0 saturated heterocycles. The predicted molar refractivity (Wildman–Crippen MR) is 85.3 cm³/mol. The van der Waals surface area contributed by atoms with Crippen LogP contribution in [0, 0.1) is 13.8 Å². The van der Waals surface area contributed by atoms with Crippen molar-refractivity contribution in [2.45, 2.75) is 33.2 Å². The second kappa shape index (κ2) is 5.83. The summed E-state index contributed by atoms with van der Waals surface area (Å²) in [4.78, 5) is 14.6. The normalized spacial score (nSPS) is 14.8. The zero-order valence-electron chi connectivity index (χ0n) is 13.2. The van der Waals surface area contributed by atoms with Crippen LogP contribution in [0.2, 0.25) is 0 Å². The number of carbonyl (C=O) groups excluding carboxylic acids is 1. The van der Waals surface area contributed by atoms with Gasteiger partial charge in [-0.05, 0) is 38.8 Å². The average Bonchev–Trinajstić information content (AvgIpc) is 3.08. The van der Waals surface area contributed by atoms with E-state index in [1.54, 1.807) is 13.8 Å². The maximum absolute atomic E-state index is 12.3. The van der Waals surface area contributed by atoms with Crippen molar-refractivity contribution in [2.24, 2.45) is 0 Å². The van der Waals surface area contributed by atoms with Crippen molar-refractivity contribution in [1.29, 1.82) is 0 Å². The Hall–Kier alpha value is -2.30. The van der Waals surface area contributed by atoms with Gasteiger partial charge in [0.2, 0.25) is 0 Å². The molecule has 5 nitrogen and oxygen atoms in total. The highest BCUT2D eigenvalue weighted by molar-refractivity contribution is 5.96. The summed E-state index contributed by atoms with van der Waals surface area (Å²) >= 11 is 0. The van der Waals surface area contributed by atoms with Crippen LogP contribution in [-0.2, 0) is 6.42 Å². The van der Waals surface area contributed by atoms with Gasteiger partial charge in [0, 0.05) is 24.8 Å². The molecular weight excluding hydrogens is 278 g/mol. The number of amides is 1. The standard InChI is InChI=1S/C17H21N3O2/c1-11(20-9-8-14-6-4-5-7-15(14)20)10-18-17(21)16-12(2)19-22-13(16)3/h4-7,11H,8-10H2,1-3H3,(H,18,21)/t11-/m0/s1. The first-order valence-electron chi connectivity index (χ1n) is 7.63. The molecule has 0 unspecified atom stereocenters. The Labute approximate surface area is 130 Å². The first-order chi connectivity index (χ1) is 10.6. The molecule has 2 heterocycles. The van der Waals surface area contributed by atoms with Crippen LogP contribution >= 0.6 is 0 Å². The van der Waals surface area contributed by atoms with Gasteiger partial charge in [0.1, 0.15) is 11.3 Å². The molecule has 2 aromatic rings. The van der Waals surface area contributed by atoms with E-state index in [-0.39, 0.29) is 11.9 Å². The molecule has 1 aromatic heterocycles. The van der Waals surface area contributed by atoms with Crippen LogP contribution in [0.25, 0.3) is 0 Å². The molecule has 3 rings (SSSR count). The molecule has 0 radical (unpaired) electrons. The SMILES string of the molecule is Cc1noc(C)c1C(=O)NC[C@H](C)N1CCc2ccccc21. The van der Waals surface area contributed by atoms with Crippen LogP contribution in [0.5, 0.6) is 0 Å². The van der Waals surface area contributed by atoms with E-state index in [1.807, 2.05) is 0 Å². The zero-order chi connectivity index (χ0) is 15.7. The van der Waals surface area contributed by atoms with Crippen molar-refractivity contribution in [2.75, 3.05) is 18.0 Å². The second-order valence-corrected chi connectivity index (χ2v) is 5.83. The molecule has 116 valence electrons. The number of para-hydroxylation sites is 1. The van der Waals surface area contributed by atoms with Crippen molar-refractivity contribution >= 4 is 11.6 Å². The largest absolute Gasteiger partial charge is 0.366 e. The number of hydrogen-bond donors (Lipinski definition) is 1. The van der Waals surface area contributed by atoms with Gasteiger partial charge in [-0.25, -0.2) is 0 Å². The maximum Gasteiger partial charge on any atom is 0.256 e. The lowest BCUT2D eigenvalue weighted by atomic mass is 10.1. The number of nitrogens with one attached hydrogen (secondary N) is 1. The third-order valence-electron chi connectivity index (χ3n) is 4.27. The Morgan fingerprint density at radius 1 is 1.41 bits per heavy atom. The van der Waals surface area contributed by atoms with E-state index >= 15 is 0 Å². The van der Waals surface area contributed by atoms with Crippen LogP contribution in [0.3, 0.4) is 0 Å². The Morgan fingerprint density at radius 3 is 2.91 bits per heavy atom. The summed E-state index contributed by atoms with van der Waals surface area (Å²) in [5, 5.41) is 6.82. The van der Waals surface area contributed by atoms with Gasteiger partial charge in [-0.2, -0.15) is 0 Å². The Morgan fingerprint density at radius 2 is 2.18 bits per heavy atom. The third kappa shape index (κ3) is 2.58. The first-order valence-corrected chi connectivity index (χ1v) is 7.63. The molecule has 1 amide bonds. The molecule has 1 N–H and O–H groups in total. The van der Waals surface area contributed by atoms with Crippen LogP contribution in [-0.4, -0.2) is 30.2 Å². The number of carbonyl (C=O) groups is 1. The van der Waals surface area contributed by atoms with Crippen LogP contribution in [0.1, 0.15) is 34.3 Å². The third-order valence-corrected chi connectivity index (χ3v) is 4.27. The fourth-order valence-corrected chi connectivity index (χ4v) is 3.07. The molecule has 5 heteroatoms. The van der Waals surface area contributed by atoms with Gasteiger partial charge in [0.25, 0.3) is 5.91 Å². The van der Waals surface area contributed by atoms with Crippen LogP contribution < -0.4 is 10.2 Å². The molecule has 1 atom stereocenters. The van der Waals surface area contributed by atoms with E-state index in [1.165, 1.54) is 11.3 Å². The van der Waals surface area contributed by atoms with Gasteiger partial charge < -0.3 is 14.7 Å². The Balaban J connectivity index is 1.64. The van der Waals surface area contributed by atoms with Gasteiger partial charge in [0.05, 0.1) is 5.69 Å². The van der Waals surface area contributed by atoms with Gasteiger partial charge in [-0.1, -0.05) is 23.4 Å². The summed E-state index contributed by atoms with van der Waals surface area (Å²) in [7, 11) is 0. The molecule has 0 aliphatic carbocycles. The minimum absolute atomic E-state index is 0.115. The Kier molecular flexibility index (Phi) is 3.88. The molecule has 22 heavy (non-hydrogen) atoms. The smallest absolute Gasteiger partial charge is 0.256 e. The van der Waals surface area contributed by atoms with Crippen molar-refractivity contribution in [3.8, 4) is 0 Å². The summed E-state index contributed by atoms with van der Waals surface area (Å²) in [5.41, 5.74) is 3.84. The van der Waals surface area contributed by atoms with Crippen molar-refractivity contribution in [3.05, 3.63) is 46.8 Å². The maximum atomic E-state index is 12.3. The minimum Gasteiger partial charge on any atom is -0.366 e. The summed E-state index contributed by atoms with van der Waals surface area (Å²) in [6.07, 6.45) is 1.07. The minimum atomic E-state index is -0.115.